The van der Waals surface area contributed by atoms with Gasteiger partial charge in [-0.2, -0.15) is 0 Å². The van der Waals surface area contributed by atoms with Gasteiger partial charge in [0.1, 0.15) is 6.04 Å². The van der Waals surface area contributed by atoms with Crippen LogP contribution in [0, 0.1) is 11.8 Å². The maximum absolute atomic E-state index is 12.9. The van der Waals surface area contributed by atoms with E-state index < -0.39 is 36.1 Å². The molecule has 1 aromatic rings. The highest BCUT2D eigenvalue weighted by atomic mass is 16.6. The third-order valence-electron chi connectivity index (χ3n) is 4.47. The normalized spacial score (nSPS) is 14.1. The van der Waals surface area contributed by atoms with Gasteiger partial charge in [-0.1, -0.05) is 58.0 Å². The first-order chi connectivity index (χ1) is 14.1. The molecular weight excluding hydrogens is 386 g/mol. The van der Waals surface area contributed by atoms with E-state index >= 15 is 0 Å². The molecule has 30 heavy (non-hydrogen) atoms. The minimum absolute atomic E-state index is 0.0753. The fourth-order valence-corrected chi connectivity index (χ4v) is 3.15. The van der Waals surface area contributed by atoms with Crippen molar-refractivity contribution < 1.29 is 24.2 Å². The molecule has 0 unspecified atom stereocenters. The van der Waals surface area contributed by atoms with Gasteiger partial charge in [-0.3, -0.25) is 9.59 Å². The number of benzene rings is 1. The number of hydrogen-bond donors (Lipinski definition) is 4. The van der Waals surface area contributed by atoms with Gasteiger partial charge in [-0.25, -0.2) is 4.79 Å². The van der Waals surface area contributed by atoms with Crippen LogP contribution in [0.15, 0.2) is 30.3 Å². The van der Waals surface area contributed by atoms with Crippen molar-refractivity contribution in [1.82, 2.24) is 10.6 Å². The largest absolute Gasteiger partial charge is 0.436 e. The molecule has 0 aliphatic heterocycles. The predicted molar refractivity (Wildman–Crippen MR) is 114 cm³/mol. The number of carbonyl (C=O) groups is 3. The Morgan fingerprint density at radius 1 is 0.967 bits per heavy atom. The summed E-state index contributed by atoms with van der Waals surface area (Å²) in [6.07, 6.45) is -0.991. The number of carbonyl (C=O) groups excluding carboxylic acids is 3. The van der Waals surface area contributed by atoms with Crippen LogP contribution in [0.25, 0.3) is 0 Å². The number of rotatable bonds is 12. The Hall–Kier alpha value is -2.61. The first-order valence-electron chi connectivity index (χ1n) is 10.3. The van der Waals surface area contributed by atoms with Crippen molar-refractivity contribution in [1.29, 1.82) is 0 Å². The van der Waals surface area contributed by atoms with Crippen LogP contribution in [0.2, 0.25) is 0 Å². The standard InChI is InChI=1S/C22H35N3O5/c1-14(2)10-17(13-26)24-20(27)18(12-16-8-6-5-7-9-16)25-21(28)19(11-15(3)4)30-22(23)29/h5-9,14-15,17-19,26H,10-13H2,1-4H3,(H2,23,29)(H,24,27)(H,25,28)/t17-,18-,19-/m0/s1. The summed E-state index contributed by atoms with van der Waals surface area (Å²) in [4.78, 5) is 36.9. The van der Waals surface area contributed by atoms with Gasteiger partial charge in [0.2, 0.25) is 5.91 Å². The molecule has 3 atom stereocenters. The van der Waals surface area contributed by atoms with Crippen molar-refractivity contribution in [2.24, 2.45) is 17.6 Å². The molecule has 0 saturated heterocycles. The van der Waals surface area contributed by atoms with Gasteiger partial charge in [0.05, 0.1) is 12.6 Å². The van der Waals surface area contributed by atoms with E-state index in [0.29, 0.717) is 6.42 Å². The smallest absolute Gasteiger partial charge is 0.405 e. The summed E-state index contributed by atoms with van der Waals surface area (Å²) in [6.45, 7) is 7.56. The van der Waals surface area contributed by atoms with Crippen molar-refractivity contribution in [2.45, 2.75) is 65.1 Å². The number of aliphatic hydroxyl groups excluding tert-OH is 1. The number of ether oxygens (including phenoxy) is 1. The maximum Gasteiger partial charge on any atom is 0.405 e. The quantitative estimate of drug-likeness (QED) is 0.408. The predicted octanol–water partition coefficient (Wildman–Crippen LogP) is 1.75. The summed E-state index contributed by atoms with van der Waals surface area (Å²) in [6, 6.07) is 7.96. The summed E-state index contributed by atoms with van der Waals surface area (Å²) in [5, 5.41) is 15.1. The molecule has 0 aliphatic carbocycles. The average molecular weight is 422 g/mol. The van der Waals surface area contributed by atoms with Gasteiger partial charge in [0.15, 0.2) is 6.10 Å². The second kappa shape index (κ2) is 12.8. The maximum atomic E-state index is 12.9. The van der Waals surface area contributed by atoms with Crippen molar-refractivity contribution >= 4 is 17.9 Å². The SMILES string of the molecule is CC(C)C[C@@H](CO)NC(=O)[C@H](Cc1ccccc1)NC(=O)[C@H](CC(C)C)OC(N)=O. The Morgan fingerprint density at radius 2 is 1.57 bits per heavy atom. The first kappa shape index (κ1) is 25.4. The fraction of sp³-hybridized carbons (Fsp3) is 0.591. The summed E-state index contributed by atoms with van der Waals surface area (Å²) in [7, 11) is 0. The molecule has 0 heterocycles. The van der Waals surface area contributed by atoms with Crippen LogP contribution < -0.4 is 16.4 Å². The topological polar surface area (TPSA) is 131 Å². The number of primary amides is 1. The van der Waals surface area contributed by atoms with Gasteiger partial charge in [-0.15, -0.1) is 0 Å². The second-order valence-corrected chi connectivity index (χ2v) is 8.32. The zero-order valence-electron chi connectivity index (χ0n) is 18.3. The van der Waals surface area contributed by atoms with E-state index in [2.05, 4.69) is 10.6 Å². The van der Waals surface area contributed by atoms with E-state index in [9.17, 15) is 19.5 Å². The first-order valence-corrected chi connectivity index (χ1v) is 10.3. The fourth-order valence-electron chi connectivity index (χ4n) is 3.15. The molecule has 3 amide bonds. The van der Waals surface area contributed by atoms with Crippen LogP contribution in [0.1, 0.15) is 46.1 Å². The van der Waals surface area contributed by atoms with Gasteiger partial charge in [0.25, 0.3) is 5.91 Å². The molecule has 8 heteroatoms. The molecule has 0 saturated carbocycles. The Balaban J connectivity index is 2.99. The molecule has 0 aromatic heterocycles. The highest BCUT2D eigenvalue weighted by Crippen LogP contribution is 2.11. The summed E-state index contributed by atoms with van der Waals surface area (Å²) in [5.41, 5.74) is 5.96. The van der Waals surface area contributed by atoms with E-state index in [1.54, 1.807) is 0 Å². The van der Waals surface area contributed by atoms with Crippen molar-refractivity contribution in [3.05, 3.63) is 35.9 Å². The zero-order chi connectivity index (χ0) is 22.7. The summed E-state index contributed by atoms with van der Waals surface area (Å²) in [5.74, 6) is -0.632. The van der Waals surface area contributed by atoms with Gasteiger partial charge >= 0.3 is 6.09 Å². The molecule has 1 rings (SSSR count). The van der Waals surface area contributed by atoms with Crippen molar-refractivity contribution in [3.8, 4) is 0 Å². The van der Waals surface area contributed by atoms with E-state index in [1.165, 1.54) is 0 Å². The molecule has 168 valence electrons. The minimum atomic E-state index is -1.09. The Morgan fingerprint density at radius 3 is 2.07 bits per heavy atom. The lowest BCUT2D eigenvalue weighted by Gasteiger charge is -2.25. The van der Waals surface area contributed by atoms with E-state index in [4.69, 9.17) is 10.5 Å². The number of nitrogens with one attached hydrogen (secondary N) is 2. The van der Waals surface area contributed by atoms with Crippen LogP contribution in [-0.2, 0) is 20.7 Å². The van der Waals surface area contributed by atoms with Crippen LogP contribution >= 0.6 is 0 Å². The third-order valence-corrected chi connectivity index (χ3v) is 4.47. The minimum Gasteiger partial charge on any atom is -0.436 e. The third kappa shape index (κ3) is 9.73. The summed E-state index contributed by atoms with van der Waals surface area (Å²) < 4.78 is 4.96. The Bertz CT molecular complexity index is 679. The molecule has 0 fully saturated rings. The molecule has 0 aliphatic rings. The zero-order valence-corrected chi connectivity index (χ0v) is 18.3. The molecule has 0 radical (unpaired) electrons. The lowest BCUT2D eigenvalue weighted by atomic mass is 10.0. The Kier molecular flexibility index (Phi) is 10.9. The van der Waals surface area contributed by atoms with Crippen LogP contribution in [0.4, 0.5) is 4.79 Å². The number of nitrogens with two attached hydrogens (primary N) is 1. The average Bonchev–Trinajstić information content (AvgIpc) is 2.66. The number of hydrogen-bond acceptors (Lipinski definition) is 5. The highest BCUT2D eigenvalue weighted by molar-refractivity contribution is 5.90. The molecule has 1 aromatic carbocycles. The van der Waals surface area contributed by atoms with Crippen LogP contribution in [0.3, 0.4) is 0 Å². The molecule has 0 spiro atoms. The summed E-state index contributed by atoms with van der Waals surface area (Å²) >= 11 is 0. The number of amides is 3. The Labute approximate surface area is 178 Å². The monoisotopic (exact) mass is 421 g/mol. The van der Waals surface area contributed by atoms with Crippen molar-refractivity contribution in [2.75, 3.05) is 6.61 Å². The van der Waals surface area contributed by atoms with E-state index in [-0.39, 0.29) is 31.3 Å². The van der Waals surface area contributed by atoms with Gasteiger partial charge in [0, 0.05) is 6.42 Å². The van der Waals surface area contributed by atoms with E-state index in [1.807, 2.05) is 58.0 Å². The van der Waals surface area contributed by atoms with Crippen LogP contribution in [0.5, 0.6) is 0 Å². The lowest BCUT2D eigenvalue weighted by Crippen LogP contribution is -2.54. The van der Waals surface area contributed by atoms with Gasteiger partial charge < -0.3 is 26.2 Å². The van der Waals surface area contributed by atoms with Crippen molar-refractivity contribution in [3.63, 3.8) is 0 Å². The number of aliphatic hydroxyl groups is 1. The lowest BCUT2D eigenvalue weighted by molar-refractivity contribution is -0.135. The van der Waals surface area contributed by atoms with E-state index in [0.717, 1.165) is 5.56 Å². The van der Waals surface area contributed by atoms with Gasteiger partial charge in [-0.05, 0) is 30.2 Å². The molecular formula is C22H35N3O5. The second-order valence-electron chi connectivity index (χ2n) is 8.32. The molecule has 8 nitrogen and oxygen atoms in total. The van der Waals surface area contributed by atoms with Crippen LogP contribution in [-0.4, -0.2) is 47.8 Å². The highest BCUT2D eigenvalue weighted by Gasteiger charge is 2.29. The molecule has 5 N–H and O–H groups in total. The molecule has 0 bridgehead atoms.